The van der Waals surface area contributed by atoms with E-state index in [0.29, 0.717) is 0 Å². The van der Waals surface area contributed by atoms with Gasteiger partial charge >= 0.3 is 0 Å². The van der Waals surface area contributed by atoms with E-state index in [1.54, 1.807) is 6.20 Å². The van der Waals surface area contributed by atoms with E-state index in [-0.39, 0.29) is 0 Å². The van der Waals surface area contributed by atoms with Crippen LogP contribution in [-0.4, -0.2) is 23.5 Å². The molecule has 0 spiro atoms. The molecule has 0 amide bonds. The average Bonchev–Trinajstić information content (AvgIpc) is 2.87. The summed E-state index contributed by atoms with van der Waals surface area (Å²) in [7, 11) is 2.09. The predicted molar refractivity (Wildman–Crippen MR) is 80.1 cm³/mol. The van der Waals surface area contributed by atoms with Gasteiger partial charge in [-0.15, -0.1) is 0 Å². The lowest BCUT2D eigenvalue weighted by molar-refractivity contribution is 0.287. The van der Waals surface area contributed by atoms with Crippen LogP contribution in [0.15, 0.2) is 41.3 Å². The Balaban J connectivity index is 1.80. The molecule has 2 aromatic rings. The molecule has 4 nitrogen and oxygen atoms in total. The Morgan fingerprint density at radius 3 is 2.95 bits per heavy atom. The number of nitrogens with one attached hydrogen (secondary N) is 1. The molecule has 20 heavy (non-hydrogen) atoms. The summed E-state index contributed by atoms with van der Waals surface area (Å²) in [5.41, 5.74) is 2.43. The van der Waals surface area contributed by atoms with Crippen LogP contribution < -0.4 is 5.32 Å². The molecule has 1 N–H and O–H groups in total. The van der Waals surface area contributed by atoms with Gasteiger partial charge in [-0.1, -0.05) is 13.0 Å². The van der Waals surface area contributed by atoms with E-state index >= 15 is 0 Å². The SMILES string of the molecule is CCCNCc1coc(CN(C)Cc2cccnc2)c1. The first-order valence-corrected chi connectivity index (χ1v) is 7.12. The maximum absolute atomic E-state index is 5.61. The Hall–Kier alpha value is -1.65. The highest BCUT2D eigenvalue weighted by atomic mass is 16.3. The zero-order valence-corrected chi connectivity index (χ0v) is 12.3. The van der Waals surface area contributed by atoms with Crippen LogP contribution >= 0.6 is 0 Å². The number of hydrogen-bond acceptors (Lipinski definition) is 4. The summed E-state index contributed by atoms with van der Waals surface area (Å²) in [4.78, 5) is 6.35. The maximum atomic E-state index is 5.61. The molecular formula is C16H23N3O. The van der Waals surface area contributed by atoms with Gasteiger partial charge in [0, 0.05) is 31.0 Å². The van der Waals surface area contributed by atoms with Crippen molar-refractivity contribution in [3.8, 4) is 0 Å². The monoisotopic (exact) mass is 273 g/mol. The number of nitrogens with zero attached hydrogens (tertiary/aromatic N) is 2. The quantitative estimate of drug-likeness (QED) is 0.751. The zero-order chi connectivity index (χ0) is 14.2. The minimum Gasteiger partial charge on any atom is -0.468 e. The van der Waals surface area contributed by atoms with Gasteiger partial charge in [0.05, 0.1) is 12.8 Å². The first kappa shape index (κ1) is 14.8. The normalized spacial score (nSPS) is 11.2. The number of pyridine rings is 1. The summed E-state index contributed by atoms with van der Waals surface area (Å²) < 4.78 is 5.61. The van der Waals surface area contributed by atoms with E-state index in [1.807, 2.05) is 18.5 Å². The Kier molecular flexibility index (Phi) is 5.77. The molecule has 4 heteroatoms. The van der Waals surface area contributed by atoms with Gasteiger partial charge in [0.15, 0.2) is 0 Å². The fourth-order valence-corrected chi connectivity index (χ4v) is 2.14. The van der Waals surface area contributed by atoms with Crippen molar-refractivity contribution in [3.05, 3.63) is 53.7 Å². The summed E-state index contributed by atoms with van der Waals surface area (Å²) in [6, 6.07) is 6.18. The lowest BCUT2D eigenvalue weighted by atomic mass is 10.2. The largest absolute Gasteiger partial charge is 0.468 e. The van der Waals surface area contributed by atoms with Crippen LogP contribution in [0, 0.1) is 0 Å². The van der Waals surface area contributed by atoms with E-state index in [0.717, 1.165) is 38.4 Å². The van der Waals surface area contributed by atoms with Crippen molar-refractivity contribution < 1.29 is 4.42 Å². The molecule has 108 valence electrons. The number of aromatic nitrogens is 1. The molecule has 2 heterocycles. The van der Waals surface area contributed by atoms with Crippen molar-refractivity contribution in [2.75, 3.05) is 13.6 Å². The molecule has 0 bridgehead atoms. The summed E-state index contributed by atoms with van der Waals surface area (Å²) in [5, 5.41) is 3.38. The van der Waals surface area contributed by atoms with Crippen molar-refractivity contribution in [1.29, 1.82) is 0 Å². The third-order valence-electron chi connectivity index (χ3n) is 3.06. The van der Waals surface area contributed by atoms with Crippen molar-refractivity contribution >= 4 is 0 Å². The van der Waals surface area contributed by atoms with Gasteiger partial charge in [0.25, 0.3) is 0 Å². The van der Waals surface area contributed by atoms with E-state index in [2.05, 4.69) is 41.3 Å². The van der Waals surface area contributed by atoms with Crippen LogP contribution in [-0.2, 0) is 19.6 Å². The smallest absolute Gasteiger partial charge is 0.118 e. The fourth-order valence-electron chi connectivity index (χ4n) is 2.14. The molecule has 0 unspecified atom stereocenters. The topological polar surface area (TPSA) is 41.3 Å². The molecule has 0 aliphatic carbocycles. The molecule has 0 saturated heterocycles. The second-order valence-electron chi connectivity index (χ2n) is 5.13. The van der Waals surface area contributed by atoms with Gasteiger partial charge in [-0.05, 0) is 37.7 Å². The molecule has 0 aliphatic rings. The molecule has 0 aliphatic heterocycles. The minimum atomic E-state index is 0.808. The lowest BCUT2D eigenvalue weighted by Crippen LogP contribution is -2.17. The van der Waals surface area contributed by atoms with Crippen molar-refractivity contribution in [2.45, 2.75) is 33.0 Å². The summed E-state index contributed by atoms with van der Waals surface area (Å²) in [6.45, 7) is 5.77. The summed E-state index contributed by atoms with van der Waals surface area (Å²) >= 11 is 0. The van der Waals surface area contributed by atoms with E-state index in [4.69, 9.17) is 4.42 Å². The lowest BCUT2D eigenvalue weighted by Gasteiger charge is -2.14. The number of furan rings is 1. The van der Waals surface area contributed by atoms with Crippen LogP contribution in [0.4, 0.5) is 0 Å². The fraction of sp³-hybridized carbons (Fsp3) is 0.438. The molecule has 2 aromatic heterocycles. The van der Waals surface area contributed by atoms with Gasteiger partial charge in [-0.3, -0.25) is 9.88 Å². The van der Waals surface area contributed by atoms with Crippen LogP contribution in [0.25, 0.3) is 0 Å². The molecular weight excluding hydrogens is 250 g/mol. The number of rotatable bonds is 8. The highest BCUT2D eigenvalue weighted by Crippen LogP contribution is 2.11. The Morgan fingerprint density at radius 1 is 1.30 bits per heavy atom. The van der Waals surface area contributed by atoms with Crippen molar-refractivity contribution in [3.63, 3.8) is 0 Å². The molecule has 0 fully saturated rings. The Bertz CT molecular complexity index is 495. The van der Waals surface area contributed by atoms with Crippen LogP contribution in [0.5, 0.6) is 0 Å². The van der Waals surface area contributed by atoms with E-state index in [9.17, 15) is 0 Å². The third kappa shape index (κ3) is 4.79. The molecule has 0 aromatic carbocycles. The average molecular weight is 273 g/mol. The standard InChI is InChI=1S/C16H23N3O/c1-3-6-17-10-15-8-16(20-13-15)12-19(2)11-14-5-4-7-18-9-14/h4-5,7-9,13,17H,3,6,10-12H2,1-2H3. The molecule has 2 rings (SSSR count). The highest BCUT2D eigenvalue weighted by Gasteiger charge is 2.06. The molecule has 0 saturated carbocycles. The Labute approximate surface area is 120 Å². The van der Waals surface area contributed by atoms with Gasteiger partial charge in [0.1, 0.15) is 5.76 Å². The molecule has 0 radical (unpaired) electrons. The maximum Gasteiger partial charge on any atom is 0.118 e. The summed E-state index contributed by atoms with van der Waals surface area (Å²) in [5.74, 6) is 1.00. The first-order chi connectivity index (χ1) is 9.78. The van der Waals surface area contributed by atoms with Crippen molar-refractivity contribution in [2.24, 2.45) is 0 Å². The molecule has 0 atom stereocenters. The number of hydrogen-bond donors (Lipinski definition) is 1. The second-order valence-corrected chi connectivity index (χ2v) is 5.13. The summed E-state index contributed by atoms with van der Waals surface area (Å²) in [6.07, 6.45) is 6.69. The predicted octanol–water partition coefficient (Wildman–Crippen LogP) is 2.81. The minimum absolute atomic E-state index is 0.808. The van der Waals surface area contributed by atoms with Crippen molar-refractivity contribution in [1.82, 2.24) is 15.2 Å². The Morgan fingerprint density at radius 2 is 2.20 bits per heavy atom. The van der Waals surface area contributed by atoms with Gasteiger partial charge in [-0.2, -0.15) is 0 Å². The van der Waals surface area contributed by atoms with Crippen LogP contribution in [0.1, 0.15) is 30.2 Å². The first-order valence-electron chi connectivity index (χ1n) is 7.12. The second kappa shape index (κ2) is 7.82. The van der Waals surface area contributed by atoms with E-state index < -0.39 is 0 Å². The van der Waals surface area contributed by atoms with Crippen LogP contribution in [0.3, 0.4) is 0 Å². The van der Waals surface area contributed by atoms with Crippen LogP contribution in [0.2, 0.25) is 0 Å². The third-order valence-corrected chi connectivity index (χ3v) is 3.06. The van der Waals surface area contributed by atoms with E-state index in [1.165, 1.54) is 11.1 Å². The van der Waals surface area contributed by atoms with Gasteiger partial charge in [0.2, 0.25) is 0 Å². The zero-order valence-electron chi connectivity index (χ0n) is 12.3. The highest BCUT2D eigenvalue weighted by molar-refractivity contribution is 5.13. The van der Waals surface area contributed by atoms with Gasteiger partial charge in [-0.25, -0.2) is 0 Å². The van der Waals surface area contributed by atoms with Gasteiger partial charge < -0.3 is 9.73 Å².